The van der Waals surface area contributed by atoms with Gasteiger partial charge in [0.2, 0.25) is 5.91 Å². The van der Waals surface area contributed by atoms with E-state index >= 15 is 0 Å². The van der Waals surface area contributed by atoms with Crippen LogP contribution in [0, 0.1) is 11.7 Å². The first kappa shape index (κ1) is 18.2. The summed E-state index contributed by atoms with van der Waals surface area (Å²) in [5, 5.41) is 2.81. The summed E-state index contributed by atoms with van der Waals surface area (Å²) >= 11 is 0. The third kappa shape index (κ3) is 3.74. The minimum atomic E-state index is -0.333. The topological polar surface area (TPSA) is 78.1 Å². The molecule has 1 saturated heterocycles. The Morgan fingerprint density at radius 3 is 2.86 bits per heavy atom. The summed E-state index contributed by atoms with van der Waals surface area (Å²) in [6, 6.07) is 13.8. The maximum absolute atomic E-state index is 13.7. The van der Waals surface area contributed by atoms with E-state index in [1.807, 2.05) is 29.2 Å². The summed E-state index contributed by atoms with van der Waals surface area (Å²) in [5.74, 6) is -0.399. The van der Waals surface area contributed by atoms with Crippen molar-refractivity contribution >= 4 is 22.8 Å². The van der Waals surface area contributed by atoms with Crippen molar-refractivity contribution in [2.75, 3.05) is 18.0 Å². The lowest BCUT2D eigenvalue weighted by Crippen LogP contribution is -2.45. The van der Waals surface area contributed by atoms with Crippen LogP contribution in [0.15, 0.2) is 53.3 Å². The van der Waals surface area contributed by atoms with Crippen molar-refractivity contribution in [3.63, 3.8) is 0 Å². The second-order valence-corrected chi connectivity index (χ2v) is 7.00. The quantitative estimate of drug-likeness (QED) is 0.729. The SMILES string of the molecule is O=C(NCc1ccccc1F)[C@H]1CCCN(c2nc3ccccc3[nH]c2=O)C1. The highest BCUT2D eigenvalue weighted by atomic mass is 19.1. The maximum atomic E-state index is 13.7. The van der Waals surface area contributed by atoms with Crippen molar-refractivity contribution in [1.29, 1.82) is 0 Å². The summed E-state index contributed by atoms with van der Waals surface area (Å²) in [7, 11) is 0. The molecule has 1 aliphatic heterocycles. The van der Waals surface area contributed by atoms with Crippen LogP contribution in [0.5, 0.6) is 0 Å². The van der Waals surface area contributed by atoms with Crippen LogP contribution in [0.2, 0.25) is 0 Å². The number of hydrogen-bond donors (Lipinski definition) is 2. The fourth-order valence-corrected chi connectivity index (χ4v) is 3.59. The van der Waals surface area contributed by atoms with Gasteiger partial charge in [-0.15, -0.1) is 0 Å². The molecule has 0 saturated carbocycles. The monoisotopic (exact) mass is 380 g/mol. The summed E-state index contributed by atoms with van der Waals surface area (Å²) < 4.78 is 13.7. The number of fused-ring (bicyclic) bond motifs is 1. The van der Waals surface area contributed by atoms with E-state index < -0.39 is 0 Å². The molecule has 7 heteroatoms. The molecule has 0 unspecified atom stereocenters. The molecule has 2 N–H and O–H groups in total. The Morgan fingerprint density at radius 1 is 1.21 bits per heavy atom. The minimum absolute atomic E-state index is 0.134. The van der Waals surface area contributed by atoms with Crippen LogP contribution in [0.1, 0.15) is 18.4 Å². The number of aromatic nitrogens is 2. The summed E-state index contributed by atoms with van der Waals surface area (Å²) in [6.07, 6.45) is 1.51. The van der Waals surface area contributed by atoms with Gasteiger partial charge in [-0.1, -0.05) is 30.3 Å². The van der Waals surface area contributed by atoms with Crippen molar-refractivity contribution < 1.29 is 9.18 Å². The van der Waals surface area contributed by atoms with Crippen LogP contribution < -0.4 is 15.8 Å². The van der Waals surface area contributed by atoms with Gasteiger partial charge < -0.3 is 15.2 Å². The fraction of sp³-hybridized carbons (Fsp3) is 0.286. The largest absolute Gasteiger partial charge is 0.352 e. The van der Waals surface area contributed by atoms with Crippen molar-refractivity contribution in [2.45, 2.75) is 19.4 Å². The van der Waals surface area contributed by atoms with Gasteiger partial charge in [0.15, 0.2) is 5.82 Å². The van der Waals surface area contributed by atoms with Crippen LogP contribution in [-0.4, -0.2) is 29.0 Å². The highest BCUT2D eigenvalue weighted by Crippen LogP contribution is 2.21. The van der Waals surface area contributed by atoms with E-state index in [0.29, 0.717) is 35.5 Å². The number of aromatic amines is 1. The molecule has 1 amide bonds. The molecule has 1 aliphatic rings. The summed E-state index contributed by atoms with van der Waals surface area (Å²) in [4.78, 5) is 34.3. The van der Waals surface area contributed by atoms with Gasteiger partial charge in [-0.05, 0) is 31.0 Å². The molecule has 0 radical (unpaired) electrons. The van der Waals surface area contributed by atoms with Crippen LogP contribution >= 0.6 is 0 Å². The van der Waals surface area contributed by atoms with Crippen LogP contribution in [-0.2, 0) is 11.3 Å². The molecule has 6 nitrogen and oxygen atoms in total. The summed E-state index contributed by atoms with van der Waals surface area (Å²) in [5.41, 5.74) is 1.60. The number of nitrogens with zero attached hydrogens (tertiary/aromatic N) is 2. The number of carbonyl (C=O) groups is 1. The van der Waals surface area contributed by atoms with E-state index in [0.717, 1.165) is 12.8 Å². The van der Waals surface area contributed by atoms with Gasteiger partial charge in [0.05, 0.1) is 17.0 Å². The zero-order valence-corrected chi connectivity index (χ0v) is 15.3. The molecule has 1 atom stereocenters. The average Bonchev–Trinajstić information content (AvgIpc) is 2.72. The number of amides is 1. The maximum Gasteiger partial charge on any atom is 0.291 e. The molecule has 1 aromatic heterocycles. The first-order valence-electron chi connectivity index (χ1n) is 9.37. The number of carbonyl (C=O) groups excluding carboxylic acids is 1. The molecular weight excluding hydrogens is 359 g/mol. The number of halogens is 1. The van der Waals surface area contributed by atoms with Crippen molar-refractivity contribution in [3.05, 3.63) is 70.3 Å². The molecule has 144 valence electrons. The van der Waals surface area contributed by atoms with Crippen molar-refractivity contribution in [1.82, 2.24) is 15.3 Å². The van der Waals surface area contributed by atoms with Gasteiger partial charge in [0.1, 0.15) is 5.82 Å². The zero-order valence-electron chi connectivity index (χ0n) is 15.3. The van der Waals surface area contributed by atoms with Gasteiger partial charge in [-0.25, -0.2) is 9.37 Å². The Kier molecular flexibility index (Phi) is 5.06. The third-order valence-electron chi connectivity index (χ3n) is 5.08. The molecule has 3 aromatic rings. The van der Waals surface area contributed by atoms with E-state index in [1.165, 1.54) is 6.07 Å². The first-order valence-corrected chi connectivity index (χ1v) is 9.37. The number of benzene rings is 2. The predicted octanol–water partition coefficient (Wildman–Crippen LogP) is 2.60. The number of rotatable bonds is 4. The van der Waals surface area contributed by atoms with Crippen molar-refractivity contribution in [3.8, 4) is 0 Å². The Bertz CT molecular complexity index is 1070. The van der Waals surface area contributed by atoms with Gasteiger partial charge >= 0.3 is 0 Å². The zero-order chi connectivity index (χ0) is 19.5. The van der Waals surface area contributed by atoms with E-state index in [-0.39, 0.29) is 29.7 Å². The lowest BCUT2D eigenvalue weighted by molar-refractivity contribution is -0.125. The minimum Gasteiger partial charge on any atom is -0.352 e. The second-order valence-electron chi connectivity index (χ2n) is 7.00. The van der Waals surface area contributed by atoms with Gasteiger partial charge in [-0.3, -0.25) is 9.59 Å². The molecule has 2 heterocycles. The van der Waals surface area contributed by atoms with Crippen molar-refractivity contribution in [2.24, 2.45) is 5.92 Å². The standard InChI is InChI=1S/C21H21FN4O2/c22-16-8-2-1-6-14(16)12-23-20(27)15-7-5-11-26(13-15)19-21(28)25-18-10-4-3-9-17(18)24-19/h1-4,6,8-10,15H,5,7,11-13H2,(H,23,27)(H,25,28)/t15-/m0/s1. The fourth-order valence-electron chi connectivity index (χ4n) is 3.59. The molecule has 1 fully saturated rings. The molecule has 0 bridgehead atoms. The summed E-state index contributed by atoms with van der Waals surface area (Å²) in [6.45, 7) is 1.24. The number of H-pyrrole nitrogens is 1. The Labute approximate surface area is 161 Å². The van der Waals surface area contributed by atoms with Crippen LogP contribution in [0.3, 0.4) is 0 Å². The number of para-hydroxylation sites is 2. The highest BCUT2D eigenvalue weighted by molar-refractivity contribution is 5.80. The van der Waals surface area contributed by atoms with E-state index in [2.05, 4.69) is 15.3 Å². The lowest BCUT2D eigenvalue weighted by Gasteiger charge is -2.32. The normalized spacial score (nSPS) is 16.9. The highest BCUT2D eigenvalue weighted by Gasteiger charge is 2.28. The lowest BCUT2D eigenvalue weighted by atomic mass is 9.97. The number of anilines is 1. The van der Waals surface area contributed by atoms with E-state index in [1.54, 1.807) is 18.2 Å². The van der Waals surface area contributed by atoms with Gasteiger partial charge in [0, 0.05) is 25.2 Å². The molecule has 4 rings (SSSR count). The van der Waals surface area contributed by atoms with Crippen LogP contribution in [0.4, 0.5) is 10.2 Å². The second kappa shape index (κ2) is 7.80. The third-order valence-corrected chi connectivity index (χ3v) is 5.08. The van der Waals surface area contributed by atoms with E-state index in [9.17, 15) is 14.0 Å². The van der Waals surface area contributed by atoms with Crippen LogP contribution in [0.25, 0.3) is 11.0 Å². The number of piperidine rings is 1. The molecule has 0 aliphatic carbocycles. The van der Waals surface area contributed by atoms with E-state index in [4.69, 9.17) is 0 Å². The Balaban J connectivity index is 1.47. The van der Waals surface area contributed by atoms with Gasteiger partial charge in [-0.2, -0.15) is 0 Å². The smallest absolute Gasteiger partial charge is 0.291 e. The average molecular weight is 380 g/mol. The number of nitrogens with one attached hydrogen (secondary N) is 2. The molecular formula is C21H21FN4O2. The number of hydrogen-bond acceptors (Lipinski definition) is 4. The molecule has 28 heavy (non-hydrogen) atoms. The first-order chi connectivity index (χ1) is 13.6. The Morgan fingerprint density at radius 2 is 2.00 bits per heavy atom. The molecule has 2 aromatic carbocycles. The predicted molar refractivity (Wildman–Crippen MR) is 106 cm³/mol. The Hall–Kier alpha value is -3.22. The van der Waals surface area contributed by atoms with Gasteiger partial charge in [0.25, 0.3) is 5.56 Å². The molecule has 0 spiro atoms.